The first-order chi connectivity index (χ1) is 12.2. The number of anilines is 2. The van der Waals surface area contributed by atoms with E-state index in [4.69, 9.17) is 0 Å². The number of sulfone groups is 1. The van der Waals surface area contributed by atoms with Crippen LogP contribution in [0.4, 0.5) is 11.4 Å². The maximum Gasteiger partial charge on any atom is 0.224 e. The number of fused-ring (bicyclic) bond motifs is 1. The van der Waals surface area contributed by atoms with E-state index in [-0.39, 0.29) is 23.7 Å². The SMILES string of the molecule is CC(=O)N1c2ccccc2C(Nc2ccc(CS(C)(=O)=O)cc2)CC1C. The predicted octanol–water partition coefficient (Wildman–Crippen LogP) is 3.53. The van der Waals surface area contributed by atoms with Gasteiger partial charge in [0.15, 0.2) is 9.84 Å². The number of benzene rings is 2. The van der Waals surface area contributed by atoms with E-state index in [1.54, 1.807) is 6.92 Å². The number of para-hydroxylation sites is 1. The predicted molar refractivity (Wildman–Crippen MR) is 105 cm³/mol. The second-order valence-corrected chi connectivity index (χ2v) is 9.14. The monoisotopic (exact) mass is 372 g/mol. The van der Waals surface area contributed by atoms with Gasteiger partial charge < -0.3 is 10.2 Å². The minimum atomic E-state index is -3.04. The second kappa shape index (κ2) is 7.11. The molecular weight excluding hydrogens is 348 g/mol. The van der Waals surface area contributed by atoms with Gasteiger partial charge in [0.05, 0.1) is 11.8 Å². The molecule has 6 heteroatoms. The molecule has 0 saturated carbocycles. The van der Waals surface area contributed by atoms with Gasteiger partial charge in [0.1, 0.15) is 0 Å². The average molecular weight is 372 g/mol. The van der Waals surface area contributed by atoms with Gasteiger partial charge in [-0.3, -0.25) is 4.79 Å². The van der Waals surface area contributed by atoms with Crippen molar-refractivity contribution in [3.63, 3.8) is 0 Å². The van der Waals surface area contributed by atoms with Crippen LogP contribution in [-0.4, -0.2) is 26.6 Å². The Hall–Kier alpha value is -2.34. The van der Waals surface area contributed by atoms with Crippen molar-refractivity contribution in [2.45, 2.75) is 38.1 Å². The second-order valence-electron chi connectivity index (χ2n) is 7.00. The van der Waals surface area contributed by atoms with Gasteiger partial charge in [-0.2, -0.15) is 0 Å². The summed E-state index contributed by atoms with van der Waals surface area (Å²) >= 11 is 0. The lowest BCUT2D eigenvalue weighted by atomic mass is 9.91. The number of rotatable bonds is 4. The number of nitrogens with one attached hydrogen (secondary N) is 1. The molecule has 0 fully saturated rings. The molecule has 1 heterocycles. The van der Waals surface area contributed by atoms with Crippen LogP contribution < -0.4 is 10.2 Å². The lowest BCUT2D eigenvalue weighted by Crippen LogP contribution is -2.43. The first-order valence-corrected chi connectivity index (χ1v) is 10.7. The number of hydrogen-bond acceptors (Lipinski definition) is 4. The highest BCUT2D eigenvalue weighted by Gasteiger charge is 2.31. The molecule has 3 rings (SSSR count). The van der Waals surface area contributed by atoms with Gasteiger partial charge in [-0.15, -0.1) is 0 Å². The minimum absolute atomic E-state index is 0.0458. The Kier molecular flexibility index (Phi) is 5.05. The van der Waals surface area contributed by atoms with Crippen molar-refractivity contribution in [1.29, 1.82) is 0 Å². The van der Waals surface area contributed by atoms with Gasteiger partial charge in [-0.25, -0.2) is 8.42 Å². The zero-order valence-corrected chi connectivity index (χ0v) is 16.1. The first-order valence-electron chi connectivity index (χ1n) is 8.66. The third-order valence-corrected chi connectivity index (χ3v) is 5.51. The summed E-state index contributed by atoms with van der Waals surface area (Å²) in [6, 6.07) is 15.6. The fourth-order valence-corrected chi connectivity index (χ4v) is 4.43. The van der Waals surface area contributed by atoms with Gasteiger partial charge in [0, 0.05) is 30.6 Å². The van der Waals surface area contributed by atoms with Gasteiger partial charge in [-0.1, -0.05) is 30.3 Å². The zero-order chi connectivity index (χ0) is 18.9. The smallest absolute Gasteiger partial charge is 0.224 e. The molecule has 0 radical (unpaired) electrons. The molecule has 0 bridgehead atoms. The third-order valence-electron chi connectivity index (χ3n) is 4.65. The molecule has 2 atom stereocenters. The molecular formula is C20H24N2O3S. The topological polar surface area (TPSA) is 66.5 Å². The quantitative estimate of drug-likeness (QED) is 0.892. The lowest BCUT2D eigenvalue weighted by molar-refractivity contribution is -0.117. The van der Waals surface area contributed by atoms with Crippen molar-refractivity contribution in [2.75, 3.05) is 16.5 Å². The summed E-state index contributed by atoms with van der Waals surface area (Å²) in [6.45, 7) is 3.66. The summed E-state index contributed by atoms with van der Waals surface area (Å²) in [5, 5.41) is 3.53. The van der Waals surface area contributed by atoms with Crippen molar-refractivity contribution < 1.29 is 13.2 Å². The Morgan fingerprint density at radius 3 is 2.42 bits per heavy atom. The molecule has 1 amide bonds. The van der Waals surface area contributed by atoms with Crippen molar-refractivity contribution in [3.8, 4) is 0 Å². The van der Waals surface area contributed by atoms with E-state index in [2.05, 4.69) is 12.2 Å². The summed E-state index contributed by atoms with van der Waals surface area (Å²) < 4.78 is 22.8. The molecule has 0 spiro atoms. The minimum Gasteiger partial charge on any atom is -0.378 e. The largest absolute Gasteiger partial charge is 0.378 e. The average Bonchev–Trinajstić information content (AvgIpc) is 2.55. The van der Waals surface area contributed by atoms with Crippen LogP contribution in [0.15, 0.2) is 48.5 Å². The van der Waals surface area contributed by atoms with Gasteiger partial charge in [0.25, 0.3) is 0 Å². The van der Waals surface area contributed by atoms with Crippen LogP contribution in [0.1, 0.15) is 37.4 Å². The molecule has 138 valence electrons. The van der Waals surface area contributed by atoms with Crippen molar-refractivity contribution in [2.24, 2.45) is 0 Å². The molecule has 0 aliphatic carbocycles. The number of nitrogens with zero attached hydrogens (tertiary/aromatic N) is 1. The fraction of sp³-hybridized carbons (Fsp3) is 0.350. The number of carbonyl (C=O) groups is 1. The number of carbonyl (C=O) groups excluding carboxylic acids is 1. The Morgan fingerprint density at radius 1 is 1.15 bits per heavy atom. The van der Waals surface area contributed by atoms with Crippen LogP contribution in [0.3, 0.4) is 0 Å². The standard InChI is InChI=1S/C20H24N2O3S/c1-14-12-19(18-6-4-5-7-20(18)22(14)15(2)23)21-17-10-8-16(9-11-17)13-26(3,24)25/h4-11,14,19,21H,12-13H2,1-3H3. The fourth-order valence-electron chi connectivity index (χ4n) is 3.63. The van der Waals surface area contributed by atoms with Crippen molar-refractivity contribution >= 4 is 27.1 Å². The third kappa shape index (κ3) is 4.07. The summed E-state index contributed by atoms with van der Waals surface area (Å²) in [7, 11) is -3.04. The Morgan fingerprint density at radius 2 is 1.81 bits per heavy atom. The molecule has 1 aliphatic rings. The van der Waals surface area contributed by atoms with Crippen LogP contribution >= 0.6 is 0 Å². The Balaban J connectivity index is 1.84. The highest BCUT2D eigenvalue weighted by atomic mass is 32.2. The Labute approximate surface area is 154 Å². The molecule has 2 unspecified atom stereocenters. The lowest BCUT2D eigenvalue weighted by Gasteiger charge is -2.39. The molecule has 1 aliphatic heterocycles. The molecule has 26 heavy (non-hydrogen) atoms. The van der Waals surface area contributed by atoms with Gasteiger partial charge >= 0.3 is 0 Å². The summed E-state index contributed by atoms with van der Waals surface area (Å²) in [5.41, 5.74) is 3.76. The van der Waals surface area contributed by atoms with E-state index >= 15 is 0 Å². The normalized spacial score (nSPS) is 19.7. The highest BCUT2D eigenvalue weighted by Crippen LogP contribution is 2.38. The summed E-state index contributed by atoms with van der Waals surface area (Å²) in [4.78, 5) is 13.9. The maximum atomic E-state index is 12.0. The van der Waals surface area contributed by atoms with Crippen molar-refractivity contribution in [3.05, 3.63) is 59.7 Å². The molecule has 0 saturated heterocycles. The van der Waals surface area contributed by atoms with Crippen LogP contribution in [0.25, 0.3) is 0 Å². The van der Waals surface area contributed by atoms with Crippen LogP contribution in [0, 0.1) is 0 Å². The van der Waals surface area contributed by atoms with Crippen LogP contribution in [0.2, 0.25) is 0 Å². The van der Waals surface area contributed by atoms with Gasteiger partial charge in [0.2, 0.25) is 5.91 Å². The van der Waals surface area contributed by atoms with E-state index in [1.807, 2.05) is 53.4 Å². The van der Waals surface area contributed by atoms with E-state index < -0.39 is 9.84 Å². The number of hydrogen-bond donors (Lipinski definition) is 1. The van der Waals surface area contributed by atoms with Crippen molar-refractivity contribution in [1.82, 2.24) is 0 Å². The summed E-state index contributed by atoms with van der Waals surface area (Å²) in [5.74, 6) is 0.0953. The van der Waals surface area contributed by atoms with Crippen LogP contribution in [0.5, 0.6) is 0 Å². The molecule has 1 N–H and O–H groups in total. The van der Waals surface area contributed by atoms with E-state index in [0.29, 0.717) is 0 Å². The molecule has 2 aromatic rings. The summed E-state index contributed by atoms with van der Waals surface area (Å²) in [6.07, 6.45) is 2.04. The highest BCUT2D eigenvalue weighted by molar-refractivity contribution is 7.89. The van der Waals surface area contributed by atoms with Gasteiger partial charge in [-0.05, 0) is 42.7 Å². The maximum absolute atomic E-state index is 12.0. The zero-order valence-electron chi connectivity index (χ0n) is 15.3. The van der Waals surface area contributed by atoms with Crippen LogP contribution in [-0.2, 0) is 20.4 Å². The van der Waals surface area contributed by atoms with E-state index in [1.165, 1.54) is 6.26 Å². The molecule has 0 aromatic heterocycles. The molecule has 5 nitrogen and oxygen atoms in total. The first kappa shape index (κ1) is 18.5. The number of amides is 1. The van der Waals surface area contributed by atoms with E-state index in [9.17, 15) is 13.2 Å². The molecule has 2 aromatic carbocycles. The van der Waals surface area contributed by atoms with E-state index in [0.717, 1.165) is 28.9 Å². The Bertz CT molecular complexity index is 907.